The van der Waals surface area contributed by atoms with Crippen LogP contribution in [0.5, 0.6) is 0 Å². The van der Waals surface area contributed by atoms with Crippen LogP contribution in [-0.4, -0.2) is 20.4 Å². The SMILES string of the molecule is C=C.Cc1cc(C)cc(C(C#N)=NOS(C)(=O)=O)c1. The molecular weight excluding hydrogens is 264 g/mol. The summed E-state index contributed by atoms with van der Waals surface area (Å²) < 4.78 is 25.8. The van der Waals surface area contributed by atoms with E-state index in [4.69, 9.17) is 5.26 Å². The Labute approximate surface area is 113 Å². The van der Waals surface area contributed by atoms with Crippen LogP contribution in [0.1, 0.15) is 16.7 Å². The monoisotopic (exact) mass is 280 g/mol. The summed E-state index contributed by atoms with van der Waals surface area (Å²) in [6, 6.07) is 7.22. The molecule has 0 fully saturated rings. The van der Waals surface area contributed by atoms with Crippen molar-refractivity contribution in [2.45, 2.75) is 13.8 Å². The number of nitriles is 1. The van der Waals surface area contributed by atoms with Crippen LogP contribution >= 0.6 is 0 Å². The van der Waals surface area contributed by atoms with E-state index in [9.17, 15) is 8.42 Å². The molecule has 0 N–H and O–H groups in total. The average Bonchev–Trinajstić information content (AvgIpc) is 2.29. The largest absolute Gasteiger partial charge is 0.325 e. The van der Waals surface area contributed by atoms with Gasteiger partial charge in [0.25, 0.3) is 0 Å². The number of benzene rings is 1. The van der Waals surface area contributed by atoms with Crippen molar-refractivity contribution < 1.29 is 12.7 Å². The number of nitrogens with zero attached hydrogens (tertiary/aromatic N) is 2. The Morgan fingerprint density at radius 3 is 2.11 bits per heavy atom. The van der Waals surface area contributed by atoms with Crippen molar-refractivity contribution in [3.63, 3.8) is 0 Å². The molecule has 0 aliphatic rings. The lowest BCUT2D eigenvalue weighted by Gasteiger charge is -2.02. The Morgan fingerprint density at radius 2 is 1.74 bits per heavy atom. The third-order valence-electron chi connectivity index (χ3n) is 1.86. The van der Waals surface area contributed by atoms with Gasteiger partial charge < -0.3 is 0 Å². The van der Waals surface area contributed by atoms with Crippen molar-refractivity contribution in [2.75, 3.05) is 6.26 Å². The van der Waals surface area contributed by atoms with Gasteiger partial charge in [-0.2, -0.15) is 13.7 Å². The zero-order chi connectivity index (χ0) is 15.1. The molecule has 1 aromatic carbocycles. The van der Waals surface area contributed by atoms with Gasteiger partial charge >= 0.3 is 10.1 Å². The van der Waals surface area contributed by atoms with Crippen LogP contribution in [-0.2, 0) is 14.4 Å². The fraction of sp³-hybridized carbons (Fsp3) is 0.231. The van der Waals surface area contributed by atoms with Gasteiger partial charge in [0.1, 0.15) is 6.07 Å². The van der Waals surface area contributed by atoms with E-state index in [1.165, 1.54) is 0 Å². The molecular formula is C13H16N2O3S. The summed E-state index contributed by atoms with van der Waals surface area (Å²) in [5.41, 5.74) is 2.39. The Balaban J connectivity index is 0.00000154. The van der Waals surface area contributed by atoms with Crippen LogP contribution in [0.25, 0.3) is 0 Å². The zero-order valence-electron chi connectivity index (χ0n) is 11.2. The van der Waals surface area contributed by atoms with Gasteiger partial charge in [-0.3, -0.25) is 4.28 Å². The Kier molecular flexibility index (Phi) is 6.51. The minimum Gasteiger partial charge on any atom is -0.267 e. The first-order chi connectivity index (χ1) is 8.81. The molecule has 1 rings (SSSR count). The quantitative estimate of drug-likeness (QED) is 0.483. The Bertz CT molecular complexity index is 593. The third kappa shape index (κ3) is 6.38. The number of rotatable bonds is 3. The van der Waals surface area contributed by atoms with E-state index in [0.29, 0.717) is 5.56 Å². The maximum Gasteiger partial charge on any atom is 0.325 e. The van der Waals surface area contributed by atoms with Crippen molar-refractivity contribution in [3.8, 4) is 6.07 Å². The molecule has 6 heteroatoms. The van der Waals surface area contributed by atoms with Crippen molar-refractivity contribution in [3.05, 3.63) is 48.0 Å². The molecule has 5 nitrogen and oxygen atoms in total. The lowest BCUT2D eigenvalue weighted by Crippen LogP contribution is -2.04. The van der Waals surface area contributed by atoms with Gasteiger partial charge in [0.05, 0.1) is 6.26 Å². The molecule has 19 heavy (non-hydrogen) atoms. The molecule has 0 aliphatic carbocycles. The molecule has 0 radical (unpaired) electrons. The lowest BCUT2D eigenvalue weighted by atomic mass is 10.0. The normalized spacial score (nSPS) is 10.9. The maximum atomic E-state index is 10.8. The maximum absolute atomic E-state index is 10.8. The van der Waals surface area contributed by atoms with Crippen LogP contribution in [0, 0.1) is 25.2 Å². The first kappa shape index (κ1) is 16.9. The van der Waals surface area contributed by atoms with E-state index < -0.39 is 10.1 Å². The van der Waals surface area contributed by atoms with Crippen molar-refractivity contribution in [1.29, 1.82) is 5.26 Å². The van der Waals surface area contributed by atoms with Gasteiger partial charge in [0.15, 0.2) is 5.71 Å². The molecule has 1 aromatic rings. The fourth-order valence-corrected chi connectivity index (χ4v) is 1.56. The minimum atomic E-state index is -3.70. The Hall–Kier alpha value is -2.13. The number of aryl methyl sites for hydroxylation is 2. The molecule has 0 bridgehead atoms. The van der Waals surface area contributed by atoms with E-state index in [1.54, 1.807) is 18.2 Å². The van der Waals surface area contributed by atoms with E-state index in [-0.39, 0.29) is 5.71 Å². The van der Waals surface area contributed by atoms with E-state index >= 15 is 0 Å². The van der Waals surface area contributed by atoms with Gasteiger partial charge in [-0.1, -0.05) is 22.3 Å². The minimum absolute atomic E-state index is 0.0674. The highest BCUT2D eigenvalue weighted by atomic mass is 32.2. The fourth-order valence-electron chi connectivity index (χ4n) is 1.35. The van der Waals surface area contributed by atoms with Crippen LogP contribution in [0.4, 0.5) is 0 Å². The topological polar surface area (TPSA) is 79.5 Å². The molecule has 0 heterocycles. The predicted molar refractivity (Wildman–Crippen MR) is 75.2 cm³/mol. The second-order valence-electron chi connectivity index (χ2n) is 3.71. The zero-order valence-corrected chi connectivity index (χ0v) is 12.0. The molecule has 102 valence electrons. The number of hydrogen-bond donors (Lipinski definition) is 0. The van der Waals surface area contributed by atoms with E-state index in [2.05, 4.69) is 22.6 Å². The lowest BCUT2D eigenvalue weighted by molar-refractivity contribution is 0.344. The average molecular weight is 280 g/mol. The first-order valence-corrected chi connectivity index (χ1v) is 7.09. The summed E-state index contributed by atoms with van der Waals surface area (Å²) in [5.74, 6) is 0. The van der Waals surface area contributed by atoms with Crippen LogP contribution < -0.4 is 0 Å². The van der Waals surface area contributed by atoms with Crippen LogP contribution in [0.3, 0.4) is 0 Å². The summed E-state index contributed by atoms with van der Waals surface area (Å²) in [6.07, 6.45) is 0.868. The van der Waals surface area contributed by atoms with Gasteiger partial charge in [0.2, 0.25) is 0 Å². The second kappa shape index (κ2) is 7.34. The number of oxime groups is 1. The molecule has 0 saturated heterocycles. The van der Waals surface area contributed by atoms with Gasteiger partial charge in [-0.15, -0.1) is 13.2 Å². The molecule has 0 unspecified atom stereocenters. The summed E-state index contributed by atoms with van der Waals surface area (Å²) in [6.45, 7) is 9.76. The van der Waals surface area contributed by atoms with E-state index in [0.717, 1.165) is 17.4 Å². The highest BCUT2D eigenvalue weighted by Crippen LogP contribution is 2.10. The highest BCUT2D eigenvalue weighted by Gasteiger charge is 2.07. The molecule has 0 atom stereocenters. The van der Waals surface area contributed by atoms with Crippen LogP contribution in [0.15, 0.2) is 36.5 Å². The van der Waals surface area contributed by atoms with Crippen LogP contribution in [0.2, 0.25) is 0 Å². The van der Waals surface area contributed by atoms with Crippen molar-refractivity contribution in [2.24, 2.45) is 5.16 Å². The summed E-state index contributed by atoms with van der Waals surface area (Å²) in [7, 11) is -3.70. The van der Waals surface area contributed by atoms with Gasteiger partial charge in [0, 0.05) is 5.56 Å². The molecule has 0 saturated carbocycles. The standard InChI is InChI=1S/C11H12N2O3S.C2H4/c1-8-4-9(2)6-10(5-8)11(7-12)13-16-17(3,14)15;1-2/h4-6H,1-3H3;1-2H2. The van der Waals surface area contributed by atoms with E-state index in [1.807, 2.05) is 19.9 Å². The van der Waals surface area contributed by atoms with Crippen molar-refractivity contribution >= 4 is 15.8 Å². The second-order valence-corrected chi connectivity index (χ2v) is 5.26. The third-order valence-corrected chi connectivity index (χ3v) is 2.21. The Morgan fingerprint density at radius 1 is 1.26 bits per heavy atom. The first-order valence-electron chi connectivity index (χ1n) is 5.27. The summed E-state index contributed by atoms with van der Waals surface area (Å²) in [4.78, 5) is 0. The smallest absolute Gasteiger partial charge is 0.267 e. The molecule has 0 aliphatic heterocycles. The highest BCUT2D eigenvalue weighted by molar-refractivity contribution is 7.85. The molecule has 0 aromatic heterocycles. The molecule has 0 amide bonds. The van der Waals surface area contributed by atoms with Gasteiger partial charge in [-0.25, -0.2) is 0 Å². The summed E-state index contributed by atoms with van der Waals surface area (Å²) >= 11 is 0. The molecule has 0 spiro atoms. The van der Waals surface area contributed by atoms with Crippen molar-refractivity contribution in [1.82, 2.24) is 0 Å². The summed E-state index contributed by atoms with van der Waals surface area (Å²) in [5, 5.41) is 12.2. The number of hydrogen-bond acceptors (Lipinski definition) is 5. The predicted octanol–water partition coefficient (Wildman–Crippen LogP) is 2.31. The van der Waals surface area contributed by atoms with Gasteiger partial charge in [-0.05, 0) is 26.0 Å².